The molecule has 0 spiro atoms. The molecule has 0 radical (unpaired) electrons. The summed E-state index contributed by atoms with van der Waals surface area (Å²) in [5.74, 6) is -0.660. The summed E-state index contributed by atoms with van der Waals surface area (Å²) in [6.07, 6.45) is 0.259. The standard InChI is InChI=1S/C21H16ClN3O4/c22-18-11-6-15(13-19(18)25(28)29)21(27)24-17-9-7-16(8-10-17)23-20(26)12-14-4-2-1-3-5-14/h1-11,13H,12H2,(H,23,26)(H,24,27). The smallest absolute Gasteiger partial charge is 0.288 e. The number of benzene rings is 3. The lowest BCUT2D eigenvalue weighted by Crippen LogP contribution is -2.15. The Labute approximate surface area is 171 Å². The van der Waals surface area contributed by atoms with Crippen molar-refractivity contribution in [3.8, 4) is 0 Å². The molecule has 0 fully saturated rings. The number of nitro benzene ring substituents is 1. The van der Waals surface area contributed by atoms with Gasteiger partial charge in [0.05, 0.1) is 11.3 Å². The van der Waals surface area contributed by atoms with Gasteiger partial charge >= 0.3 is 0 Å². The molecule has 0 heterocycles. The number of halogens is 1. The van der Waals surface area contributed by atoms with Gasteiger partial charge in [0.25, 0.3) is 11.6 Å². The van der Waals surface area contributed by atoms with Gasteiger partial charge in [0.2, 0.25) is 5.91 Å². The van der Waals surface area contributed by atoms with E-state index in [9.17, 15) is 19.7 Å². The van der Waals surface area contributed by atoms with E-state index in [4.69, 9.17) is 11.6 Å². The van der Waals surface area contributed by atoms with Gasteiger partial charge in [0, 0.05) is 23.0 Å². The fourth-order valence-electron chi connectivity index (χ4n) is 2.62. The second-order valence-electron chi connectivity index (χ2n) is 6.17. The van der Waals surface area contributed by atoms with Crippen LogP contribution in [0.2, 0.25) is 5.02 Å². The van der Waals surface area contributed by atoms with Crippen molar-refractivity contribution in [1.82, 2.24) is 0 Å². The van der Waals surface area contributed by atoms with Crippen molar-refractivity contribution in [1.29, 1.82) is 0 Å². The lowest BCUT2D eigenvalue weighted by molar-refractivity contribution is -0.384. The third-order valence-corrected chi connectivity index (χ3v) is 4.36. The molecule has 3 aromatic rings. The molecule has 0 aromatic heterocycles. The number of carbonyl (C=O) groups excluding carboxylic acids is 2. The van der Waals surface area contributed by atoms with Gasteiger partial charge in [-0.15, -0.1) is 0 Å². The number of hydrogen-bond acceptors (Lipinski definition) is 4. The minimum Gasteiger partial charge on any atom is -0.326 e. The first-order chi connectivity index (χ1) is 13.9. The van der Waals surface area contributed by atoms with Crippen molar-refractivity contribution in [2.24, 2.45) is 0 Å². The van der Waals surface area contributed by atoms with Gasteiger partial charge in [-0.2, -0.15) is 0 Å². The Kier molecular flexibility index (Phi) is 6.21. The van der Waals surface area contributed by atoms with Crippen LogP contribution in [0.4, 0.5) is 17.1 Å². The fourth-order valence-corrected chi connectivity index (χ4v) is 2.81. The minimum absolute atomic E-state index is 0.0397. The molecule has 0 bridgehead atoms. The molecule has 0 saturated heterocycles. The molecule has 29 heavy (non-hydrogen) atoms. The molecule has 2 N–H and O–H groups in total. The average molecular weight is 410 g/mol. The van der Waals surface area contributed by atoms with Gasteiger partial charge in [0.15, 0.2) is 0 Å². The summed E-state index contributed by atoms with van der Waals surface area (Å²) >= 11 is 5.76. The van der Waals surface area contributed by atoms with E-state index in [1.54, 1.807) is 24.3 Å². The summed E-state index contributed by atoms with van der Waals surface area (Å²) in [4.78, 5) is 34.7. The number of rotatable bonds is 6. The third kappa shape index (κ3) is 5.40. The molecule has 0 aliphatic carbocycles. The van der Waals surface area contributed by atoms with Crippen LogP contribution in [0.15, 0.2) is 72.8 Å². The highest BCUT2D eigenvalue weighted by molar-refractivity contribution is 6.32. The summed E-state index contributed by atoms with van der Waals surface area (Å²) < 4.78 is 0. The van der Waals surface area contributed by atoms with E-state index in [0.29, 0.717) is 11.4 Å². The Hall–Kier alpha value is -3.71. The Morgan fingerprint density at radius 3 is 2.14 bits per heavy atom. The van der Waals surface area contributed by atoms with Crippen molar-refractivity contribution >= 4 is 40.5 Å². The molecular formula is C21H16ClN3O4. The predicted octanol–water partition coefficient (Wildman–Crippen LogP) is 4.68. The quantitative estimate of drug-likeness (QED) is 0.455. The first kappa shape index (κ1) is 20.0. The first-order valence-electron chi connectivity index (χ1n) is 8.61. The maximum Gasteiger partial charge on any atom is 0.288 e. The van der Waals surface area contributed by atoms with Crippen molar-refractivity contribution < 1.29 is 14.5 Å². The Morgan fingerprint density at radius 2 is 1.52 bits per heavy atom. The predicted molar refractivity (Wildman–Crippen MR) is 111 cm³/mol. The minimum atomic E-state index is -0.647. The summed E-state index contributed by atoms with van der Waals surface area (Å²) in [7, 11) is 0. The van der Waals surface area contributed by atoms with Gasteiger partial charge in [-0.1, -0.05) is 41.9 Å². The van der Waals surface area contributed by atoms with Crippen LogP contribution in [0.25, 0.3) is 0 Å². The number of amides is 2. The number of anilines is 2. The Morgan fingerprint density at radius 1 is 0.897 bits per heavy atom. The van der Waals surface area contributed by atoms with Crippen LogP contribution in [-0.4, -0.2) is 16.7 Å². The van der Waals surface area contributed by atoms with Crippen molar-refractivity contribution in [3.63, 3.8) is 0 Å². The average Bonchev–Trinajstić information content (AvgIpc) is 2.70. The van der Waals surface area contributed by atoms with E-state index in [1.807, 2.05) is 30.3 Å². The summed E-state index contributed by atoms with van der Waals surface area (Å²) in [5, 5.41) is 16.3. The van der Waals surface area contributed by atoms with Crippen LogP contribution in [0.3, 0.4) is 0 Å². The monoisotopic (exact) mass is 409 g/mol. The van der Waals surface area contributed by atoms with E-state index >= 15 is 0 Å². The highest BCUT2D eigenvalue weighted by Crippen LogP contribution is 2.25. The van der Waals surface area contributed by atoms with Crippen molar-refractivity contribution in [3.05, 3.63) is 99.1 Å². The zero-order valence-electron chi connectivity index (χ0n) is 15.1. The lowest BCUT2D eigenvalue weighted by Gasteiger charge is -2.08. The van der Waals surface area contributed by atoms with Gasteiger partial charge < -0.3 is 10.6 Å². The lowest BCUT2D eigenvalue weighted by atomic mass is 10.1. The SMILES string of the molecule is O=C(Cc1ccccc1)Nc1ccc(NC(=O)c2ccc(Cl)c([N+](=O)[O-])c2)cc1. The molecule has 0 unspecified atom stereocenters. The van der Waals surface area contributed by atoms with E-state index in [2.05, 4.69) is 10.6 Å². The maximum absolute atomic E-state index is 12.3. The highest BCUT2D eigenvalue weighted by Gasteiger charge is 2.16. The Balaban J connectivity index is 1.61. The molecule has 0 saturated carbocycles. The van der Waals surface area contributed by atoms with Crippen LogP contribution < -0.4 is 10.6 Å². The number of carbonyl (C=O) groups is 2. The highest BCUT2D eigenvalue weighted by atomic mass is 35.5. The number of hydrogen-bond donors (Lipinski definition) is 2. The van der Waals surface area contributed by atoms with E-state index in [0.717, 1.165) is 11.6 Å². The molecular weight excluding hydrogens is 394 g/mol. The molecule has 0 aliphatic heterocycles. The first-order valence-corrected chi connectivity index (χ1v) is 8.99. The van der Waals surface area contributed by atoms with Gasteiger partial charge in [0.1, 0.15) is 5.02 Å². The molecule has 0 atom stereocenters. The van der Waals surface area contributed by atoms with Crippen molar-refractivity contribution in [2.45, 2.75) is 6.42 Å². The van der Waals surface area contributed by atoms with Crippen molar-refractivity contribution in [2.75, 3.05) is 10.6 Å². The van der Waals surface area contributed by atoms with Gasteiger partial charge in [-0.25, -0.2) is 0 Å². The zero-order valence-corrected chi connectivity index (χ0v) is 15.8. The molecule has 146 valence electrons. The van der Waals surface area contributed by atoms with E-state index in [1.165, 1.54) is 12.1 Å². The molecule has 3 rings (SSSR count). The number of nitrogens with zero attached hydrogens (tertiary/aromatic N) is 1. The Bertz CT molecular complexity index is 1050. The summed E-state index contributed by atoms with van der Waals surface area (Å²) in [6.45, 7) is 0. The molecule has 2 amide bonds. The molecule has 7 nitrogen and oxygen atoms in total. The third-order valence-electron chi connectivity index (χ3n) is 4.04. The van der Waals surface area contributed by atoms with Crippen LogP contribution in [0, 0.1) is 10.1 Å². The molecule has 3 aromatic carbocycles. The van der Waals surface area contributed by atoms with E-state index in [-0.39, 0.29) is 28.6 Å². The second kappa shape index (κ2) is 8.99. The number of nitrogens with one attached hydrogen (secondary N) is 2. The summed E-state index contributed by atoms with van der Waals surface area (Å²) in [5.41, 5.74) is 1.75. The van der Waals surface area contributed by atoms with Crippen LogP contribution in [0.1, 0.15) is 15.9 Å². The van der Waals surface area contributed by atoms with Gasteiger partial charge in [-0.3, -0.25) is 19.7 Å². The summed E-state index contributed by atoms with van der Waals surface area (Å²) in [6, 6.07) is 19.8. The topological polar surface area (TPSA) is 101 Å². The molecule has 8 heteroatoms. The normalized spacial score (nSPS) is 10.2. The van der Waals surface area contributed by atoms with E-state index < -0.39 is 10.8 Å². The van der Waals surface area contributed by atoms with Crippen LogP contribution in [0.5, 0.6) is 0 Å². The van der Waals surface area contributed by atoms with Crippen LogP contribution in [-0.2, 0) is 11.2 Å². The number of nitro groups is 1. The molecule has 0 aliphatic rings. The maximum atomic E-state index is 12.3. The largest absolute Gasteiger partial charge is 0.326 e. The van der Waals surface area contributed by atoms with Crippen LogP contribution >= 0.6 is 11.6 Å². The fraction of sp³-hybridized carbons (Fsp3) is 0.0476. The van der Waals surface area contributed by atoms with Gasteiger partial charge in [-0.05, 0) is 42.0 Å². The zero-order chi connectivity index (χ0) is 20.8. The second-order valence-corrected chi connectivity index (χ2v) is 6.57.